The van der Waals surface area contributed by atoms with E-state index in [1.165, 1.54) is 0 Å². The van der Waals surface area contributed by atoms with Gasteiger partial charge < -0.3 is 15.0 Å². The molecule has 0 aliphatic rings. The minimum absolute atomic E-state index is 0.191. The van der Waals surface area contributed by atoms with Gasteiger partial charge >= 0.3 is 0 Å². The van der Waals surface area contributed by atoms with Crippen molar-refractivity contribution >= 4 is 39.3 Å². The summed E-state index contributed by atoms with van der Waals surface area (Å²) >= 11 is 9.46. The third kappa shape index (κ3) is 8.71. The first-order chi connectivity index (χ1) is 16.6. The number of rotatable bonds is 9. The smallest absolute Gasteiger partial charge is 0.261 e. The highest BCUT2D eigenvalue weighted by Crippen LogP contribution is 2.19. The molecule has 3 rings (SSSR count). The van der Waals surface area contributed by atoms with Gasteiger partial charge in [0.25, 0.3) is 5.91 Å². The first-order valence-corrected chi connectivity index (χ1v) is 12.6. The van der Waals surface area contributed by atoms with Crippen molar-refractivity contribution in [3.05, 3.63) is 99.5 Å². The maximum absolute atomic E-state index is 13.5. The van der Waals surface area contributed by atoms with Crippen LogP contribution in [0.2, 0.25) is 5.02 Å². The molecule has 0 unspecified atom stereocenters. The van der Waals surface area contributed by atoms with Crippen LogP contribution >= 0.6 is 27.5 Å². The zero-order valence-electron chi connectivity index (χ0n) is 20.1. The number of benzene rings is 3. The van der Waals surface area contributed by atoms with Crippen molar-refractivity contribution < 1.29 is 14.3 Å². The fourth-order valence-corrected chi connectivity index (χ4v) is 3.94. The molecule has 1 atom stereocenters. The quantitative estimate of drug-likeness (QED) is 0.349. The molecule has 184 valence electrons. The number of hydrogen-bond acceptors (Lipinski definition) is 3. The summed E-state index contributed by atoms with van der Waals surface area (Å²) in [6.45, 7) is 5.82. The molecule has 1 N–H and O–H groups in total. The minimum atomic E-state index is -0.728. The molecule has 0 aromatic heterocycles. The van der Waals surface area contributed by atoms with Crippen molar-refractivity contribution in [1.82, 2.24) is 10.2 Å². The maximum atomic E-state index is 13.5. The van der Waals surface area contributed by atoms with E-state index in [1.807, 2.05) is 75.4 Å². The number of nitrogens with one attached hydrogen (secondary N) is 1. The topological polar surface area (TPSA) is 58.6 Å². The third-order valence-corrected chi connectivity index (χ3v) is 5.99. The van der Waals surface area contributed by atoms with Crippen LogP contribution in [-0.4, -0.2) is 34.9 Å². The van der Waals surface area contributed by atoms with Crippen LogP contribution < -0.4 is 10.1 Å². The fourth-order valence-electron chi connectivity index (χ4n) is 3.55. The molecule has 0 radical (unpaired) electrons. The molecular weight excluding hydrogens is 528 g/mol. The summed E-state index contributed by atoms with van der Waals surface area (Å²) in [4.78, 5) is 28.6. The molecule has 0 fully saturated rings. The van der Waals surface area contributed by atoms with Crippen molar-refractivity contribution in [3.8, 4) is 5.75 Å². The number of amides is 2. The molecule has 5 nitrogen and oxygen atoms in total. The predicted molar refractivity (Wildman–Crippen MR) is 143 cm³/mol. The van der Waals surface area contributed by atoms with Crippen LogP contribution in [0.5, 0.6) is 5.75 Å². The molecule has 7 heteroatoms. The Morgan fingerprint density at radius 2 is 1.57 bits per heavy atom. The molecule has 0 saturated heterocycles. The van der Waals surface area contributed by atoms with E-state index in [-0.39, 0.29) is 25.0 Å². The zero-order valence-corrected chi connectivity index (χ0v) is 22.5. The number of ether oxygens (including phenoxy) is 1. The molecule has 3 aromatic rings. The zero-order chi connectivity index (χ0) is 25.4. The normalized spacial score (nSPS) is 12.0. The monoisotopic (exact) mass is 556 g/mol. The van der Waals surface area contributed by atoms with Crippen molar-refractivity contribution in [2.45, 2.75) is 45.3 Å². The van der Waals surface area contributed by atoms with Crippen LogP contribution in [0.3, 0.4) is 0 Å². The van der Waals surface area contributed by atoms with Crippen molar-refractivity contribution in [2.75, 3.05) is 6.61 Å². The second kappa shape index (κ2) is 12.2. The molecule has 0 aliphatic heterocycles. The summed E-state index contributed by atoms with van der Waals surface area (Å²) in [6, 6.07) is 23.5. The first kappa shape index (κ1) is 26.8. The summed E-state index contributed by atoms with van der Waals surface area (Å²) < 4.78 is 6.70. The van der Waals surface area contributed by atoms with Gasteiger partial charge in [0.1, 0.15) is 11.8 Å². The molecule has 35 heavy (non-hydrogen) atoms. The van der Waals surface area contributed by atoms with Gasteiger partial charge in [-0.3, -0.25) is 9.59 Å². The second-order valence-corrected chi connectivity index (χ2v) is 10.7. The highest BCUT2D eigenvalue weighted by Gasteiger charge is 2.32. The lowest BCUT2D eigenvalue weighted by molar-refractivity contribution is -0.143. The van der Waals surface area contributed by atoms with Gasteiger partial charge in [0.2, 0.25) is 5.91 Å². The molecule has 2 amide bonds. The lowest BCUT2D eigenvalue weighted by Crippen LogP contribution is -2.55. The summed E-state index contributed by atoms with van der Waals surface area (Å²) in [5, 5.41) is 3.66. The van der Waals surface area contributed by atoms with Crippen molar-refractivity contribution in [1.29, 1.82) is 0 Å². The van der Waals surface area contributed by atoms with Crippen LogP contribution in [0.4, 0.5) is 0 Å². The van der Waals surface area contributed by atoms with E-state index >= 15 is 0 Å². The molecule has 0 bridgehead atoms. The third-order valence-electron chi connectivity index (χ3n) is 5.21. The van der Waals surface area contributed by atoms with Gasteiger partial charge in [-0.2, -0.15) is 0 Å². The predicted octanol–water partition coefficient (Wildman–Crippen LogP) is 6.04. The van der Waals surface area contributed by atoms with Gasteiger partial charge in [0.05, 0.1) is 0 Å². The molecular formula is C28H30BrClN2O3. The van der Waals surface area contributed by atoms with Gasteiger partial charge in [-0.25, -0.2) is 0 Å². The molecule has 0 spiro atoms. The lowest BCUT2D eigenvalue weighted by atomic mass is 10.0. The molecule has 0 heterocycles. The van der Waals surface area contributed by atoms with Crippen LogP contribution in [-0.2, 0) is 22.6 Å². The SMILES string of the molecule is CC(C)(C)NC(=O)[C@@H](Cc1ccccc1)N(Cc1ccc(Cl)cc1)C(=O)COc1ccc(Br)cc1. The fraction of sp³-hybridized carbons (Fsp3) is 0.286. The Labute approximate surface area is 220 Å². The average molecular weight is 558 g/mol. The van der Waals surface area contributed by atoms with E-state index in [1.54, 1.807) is 29.2 Å². The van der Waals surface area contributed by atoms with Gasteiger partial charge in [0.15, 0.2) is 6.61 Å². The van der Waals surface area contributed by atoms with E-state index in [0.29, 0.717) is 17.2 Å². The average Bonchev–Trinajstić information content (AvgIpc) is 2.81. The molecule has 3 aromatic carbocycles. The first-order valence-electron chi connectivity index (χ1n) is 11.4. The van der Waals surface area contributed by atoms with Crippen LogP contribution in [0.1, 0.15) is 31.9 Å². The Morgan fingerprint density at radius 3 is 2.17 bits per heavy atom. The lowest BCUT2D eigenvalue weighted by Gasteiger charge is -2.33. The number of nitrogens with zero attached hydrogens (tertiary/aromatic N) is 1. The largest absolute Gasteiger partial charge is 0.484 e. The Morgan fingerprint density at radius 1 is 0.943 bits per heavy atom. The van der Waals surface area contributed by atoms with Crippen molar-refractivity contribution in [2.24, 2.45) is 0 Å². The standard InChI is InChI=1S/C28H30BrClN2O3/c1-28(2,3)31-27(34)25(17-20-7-5-4-6-8-20)32(18-21-9-13-23(30)14-10-21)26(33)19-35-24-15-11-22(29)12-16-24/h4-16,25H,17-19H2,1-3H3,(H,31,34)/t25-/m1/s1. The number of halogens is 2. The van der Waals surface area contributed by atoms with Crippen LogP contribution in [0, 0.1) is 0 Å². The highest BCUT2D eigenvalue weighted by atomic mass is 79.9. The number of carbonyl (C=O) groups is 2. The summed E-state index contributed by atoms with van der Waals surface area (Å²) in [5.41, 5.74) is 1.38. The highest BCUT2D eigenvalue weighted by molar-refractivity contribution is 9.10. The van der Waals surface area contributed by atoms with E-state index in [0.717, 1.165) is 15.6 Å². The number of carbonyl (C=O) groups excluding carboxylic acids is 2. The van der Waals surface area contributed by atoms with Gasteiger partial charge in [-0.05, 0) is 68.3 Å². The Balaban J connectivity index is 1.91. The van der Waals surface area contributed by atoms with Gasteiger partial charge in [-0.1, -0.05) is 70.0 Å². The Bertz CT molecular complexity index is 1110. The van der Waals surface area contributed by atoms with Crippen molar-refractivity contribution in [3.63, 3.8) is 0 Å². The van der Waals surface area contributed by atoms with E-state index < -0.39 is 11.6 Å². The van der Waals surface area contributed by atoms with Gasteiger partial charge in [0, 0.05) is 28.0 Å². The maximum Gasteiger partial charge on any atom is 0.261 e. The second-order valence-electron chi connectivity index (χ2n) is 9.34. The summed E-state index contributed by atoms with van der Waals surface area (Å²) in [5.74, 6) is 0.0758. The van der Waals surface area contributed by atoms with Crippen LogP contribution in [0.15, 0.2) is 83.3 Å². The summed E-state index contributed by atoms with van der Waals surface area (Å²) in [6.07, 6.45) is 0.375. The Kier molecular flexibility index (Phi) is 9.35. The molecule has 0 saturated carbocycles. The van der Waals surface area contributed by atoms with E-state index in [2.05, 4.69) is 21.2 Å². The van der Waals surface area contributed by atoms with E-state index in [9.17, 15) is 9.59 Å². The Hall–Kier alpha value is -2.83. The number of hydrogen-bond donors (Lipinski definition) is 1. The van der Waals surface area contributed by atoms with Crippen LogP contribution in [0.25, 0.3) is 0 Å². The van der Waals surface area contributed by atoms with Gasteiger partial charge in [-0.15, -0.1) is 0 Å². The minimum Gasteiger partial charge on any atom is -0.484 e. The van der Waals surface area contributed by atoms with E-state index in [4.69, 9.17) is 16.3 Å². The summed E-state index contributed by atoms with van der Waals surface area (Å²) in [7, 11) is 0. The molecule has 0 aliphatic carbocycles.